The number of nitrogens with one attached hydrogen (secondary N) is 4. The predicted molar refractivity (Wildman–Crippen MR) is 137 cm³/mol. The Hall–Kier alpha value is -2.93. The number of nitrogens with two attached hydrogens (primary N) is 3. The van der Waals surface area contributed by atoms with Crippen molar-refractivity contribution in [2.45, 2.75) is 89.4 Å². The van der Waals surface area contributed by atoms with Gasteiger partial charge in [0.25, 0.3) is 0 Å². The number of rotatable bonds is 17. The molecular weight excluding hydrogens is 468 g/mol. The second-order valence-corrected chi connectivity index (χ2v) is 9.53. The summed E-state index contributed by atoms with van der Waals surface area (Å²) in [4.78, 5) is 54.3. The van der Waals surface area contributed by atoms with Crippen LogP contribution in [0.2, 0.25) is 0 Å². The number of carboxylic acid groups (broad SMARTS) is 1. The largest absolute Gasteiger partial charge is 0.480 e. The quantitative estimate of drug-likeness (QED) is 0.0643. The number of unbranched alkanes of at least 4 members (excludes halogenated alkanes) is 1. The molecule has 1 saturated heterocycles. The first-order valence-corrected chi connectivity index (χ1v) is 12.7. The molecule has 0 radical (unpaired) electrons. The fourth-order valence-corrected chi connectivity index (χ4v) is 3.95. The number of amides is 3. The Morgan fingerprint density at radius 1 is 0.972 bits per heavy atom. The monoisotopic (exact) mass is 512 g/mol. The molecule has 1 fully saturated rings. The van der Waals surface area contributed by atoms with Crippen LogP contribution in [0.1, 0.15) is 65.2 Å². The second-order valence-electron chi connectivity index (χ2n) is 9.53. The molecule has 0 bridgehead atoms. The van der Waals surface area contributed by atoms with Crippen LogP contribution in [0.5, 0.6) is 0 Å². The molecule has 0 aromatic rings. The molecule has 0 aliphatic carbocycles. The summed E-state index contributed by atoms with van der Waals surface area (Å²) in [5.74, 6) is -2.59. The number of aliphatic carboxylic acids is 1. The molecule has 0 saturated carbocycles. The molecular formula is C23H44N8O5. The van der Waals surface area contributed by atoms with Crippen molar-refractivity contribution < 1.29 is 24.3 Å². The Morgan fingerprint density at radius 3 is 2.17 bits per heavy atom. The van der Waals surface area contributed by atoms with Gasteiger partial charge in [-0.1, -0.05) is 13.8 Å². The van der Waals surface area contributed by atoms with E-state index in [9.17, 15) is 24.3 Å². The van der Waals surface area contributed by atoms with E-state index in [1.807, 2.05) is 13.8 Å². The van der Waals surface area contributed by atoms with E-state index in [1.54, 1.807) is 0 Å². The number of carbonyl (C=O) groups is 4. The molecule has 3 amide bonds. The first kappa shape index (κ1) is 31.1. The van der Waals surface area contributed by atoms with Gasteiger partial charge < -0.3 is 43.6 Å². The number of carbonyl (C=O) groups excluding carboxylic acids is 3. The Labute approximate surface area is 212 Å². The molecule has 13 heteroatoms. The highest BCUT2D eigenvalue weighted by Gasteiger charge is 2.31. The predicted octanol–water partition coefficient (Wildman–Crippen LogP) is -1.49. The normalized spacial score (nSPS) is 17.6. The van der Waals surface area contributed by atoms with E-state index in [0.29, 0.717) is 45.1 Å². The number of aliphatic imine (C=N–C) groups is 1. The van der Waals surface area contributed by atoms with Gasteiger partial charge in [-0.3, -0.25) is 19.4 Å². The summed E-state index contributed by atoms with van der Waals surface area (Å²) in [5.41, 5.74) is 16.1. The minimum absolute atomic E-state index is 0.0409. The molecule has 0 spiro atoms. The highest BCUT2D eigenvalue weighted by Crippen LogP contribution is 2.10. The van der Waals surface area contributed by atoms with Crippen molar-refractivity contribution in [1.29, 1.82) is 0 Å². The van der Waals surface area contributed by atoms with Gasteiger partial charge in [0.15, 0.2) is 5.96 Å². The fourth-order valence-electron chi connectivity index (χ4n) is 3.95. The van der Waals surface area contributed by atoms with Crippen molar-refractivity contribution in [3.05, 3.63) is 0 Å². The molecule has 0 aromatic carbocycles. The van der Waals surface area contributed by atoms with Crippen LogP contribution < -0.4 is 38.5 Å². The van der Waals surface area contributed by atoms with E-state index in [-0.39, 0.29) is 36.8 Å². The summed E-state index contributed by atoms with van der Waals surface area (Å²) in [6.45, 7) is 5.22. The summed E-state index contributed by atoms with van der Waals surface area (Å²) in [5, 5.41) is 20.7. The van der Waals surface area contributed by atoms with Crippen molar-refractivity contribution in [1.82, 2.24) is 21.3 Å². The van der Waals surface area contributed by atoms with Gasteiger partial charge in [-0.2, -0.15) is 0 Å². The molecule has 11 N–H and O–H groups in total. The van der Waals surface area contributed by atoms with E-state index < -0.39 is 35.9 Å². The zero-order valence-corrected chi connectivity index (χ0v) is 21.4. The number of guanidine groups is 1. The fraction of sp³-hybridized carbons (Fsp3) is 0.783. The minimum atomic E-state index is -1.20. The third kappa shape index (κ3) is 12.2. The molecule has 36 heavy (non-hydrogen) atoms. The third-order valence-corrected chi connectivity index (χ3v) is 5.86. The molecule has 1 aliphatic heterocycles. The van der Waals surface area contributed by atoms with E-state index in [2.05, 4.69) is 26.3 Å². The summed E-state index contributed by atoms with van der Waals surface area (Å²) >= 11 is 0. The smallest absolute Gasteiger partial charge is 0.326 e. The Balaban J connectivity index is 2.87. The first-order chi connectivity index (χ1) is 17.0. The number of hydrogen-bond acceptors (Lipinski definition) is 7. The topological polar surface area (TPSA) is 227 Å². The number of hydrogen-bond donors (Lipinski definition) is 8. The van der Waals surface area contributed by atoms with Crippen LogP contribution in [0, 0.1) is 5.92 Å². The van der Waals surface area contributed by atoms with Gasteiger partial charge in [0.05, 0.1) is 6.04 Å². The van der Waals surface area contributed by atoms with Crippen LogP contribution >= 0.6 is 0 Å². The molecule has 0 aromatic heterocycles. The second kappa shape index (κ2) is 16.7. The standard InChI is InChI=1S/C23H44N8O5/c1-14(2)13-18(21(34)30-17(22(35)36)9-6-12-28-23(25)26)31-20(33)16(7-3-4-10-24)29-19(32)15-8-5-11-27-15/h14-18,27H,3-13,24H2,1-2H3,(H,29,32)(H,30,34)(H,31,33)(H,35,36)(H4,25,26,28)/t15-,16-,17-,18-/m0/s1. The Bertz CT molecular complexity index is 751. The average Bonchev–Trinajstić information content (AvgIpc) is 3.34. The SMILES string of the molecule is CC(C)C[C@H](NC(=O)[C@H](CCCCN)NC(=O)[C@@H]1CCCN1)C(=O)N[C@@H](CCCN=C(N)N)C(=O)O. The summed E-state index contributed by atoms with van der Waals surface area (Å²) in [7, 11) is 0. The number of carboxylic acids is 1. The van der Waals surface area contributed by atoms with E-state index in [4.69, 9.17) is 17.2 Å². The Kier molecular flexibility index (Phi) is 14.4. The van der Waals surface area contributed by atoms with Crippen molar-refractivity contribution in [2.24, 2.45) is 28.1 Å². The van der Waals surface area contributed by atoms with Crippen LogP contribution in [0.15, 0.2) is 4.99 Å². The lowest BCUT2D eigenvalue weighted by Crippen LogP contribution is -2.57. The molecule has 206 valence electrons. The van der Waals surface area contributed by atoms with Crippen molar-refractivity contribution in [2.75, 3.05) is 19.6 Å². The van der Waals surface area contributed by atoms with Gasteiger partial charge in [0.2, 0.25) is 17.7 Å². The van der Waals surface area contributed by atoms with E-state index in [0.717, 1.165) is 13.0 Å². The van der Waals surface area contributed by atoms with E-state index >= 15 is 0 Å². The van der Waals surface area contributed by atoms with Crippen molar-refractivity contribution in [3.8, 4) is 0 Å². The zero-order valence-electron chi connectivity index (χ0n) is 21.4. The lowest BCUT2D eigenvalue weighted by molar-refractivity contribution is -0.142. The molecule has 4 atom stereocenters. The van der Waals surface area contributed by atoms with Crippen molar-refractivity contribution in [3.63, 3.8) is 0 Å². The van der Waals surface area contributed by atoms with Gasteiger partial charge in [-0.05, 0) is 70.4 Å². The molecule has 1 heterocycles. The van der Waals surface area contributed by atoms with Gasteiger partial charge in [0.1, 0.15) is 18.1 Å². The summed E-state index contributed by atoms with van der Waals surface area (Å²) in [6, 6.07) is -3.30. The van der Waals surface area contributed by atoms with Gasteiger partial charge in [-0.15, -0.1) is 0 Å². The third-order valence-electron chi connectivity index (χ3n) is 5.86. The van der Waals surface area contributed by atoms with E-state index in [1.165, 1.54) is 0 Å². The van der Waals surface area contributed by atoms with Crippen LogP contribution in [-0.2, 0) is 19.2 Å². The average molecular weight is 513 g/mol. The van der Waals surface area contributed by atoms with Gasteiger partial charge in [-0.25, -0.2) is 4.79 Å². The first-order valence-electron chi connectivity index (χ1n) is 12.7. The lowest BCUT2D eigenvalue weighted by atomic mass is 10.0. The molecule has 1 aliphatic rings. The summed E-state index contributed by atoms with van der Waals surface area (Å²) in [6.07, 6.45) is 4.04. The maximum atomic E-state index is 13.2. The van der Waals surface area contributed by atoms with Gasteiger partial charge in [0, 0.05) is 6.54 Å². The lowest BCUT2D eigenvalue weighted by Gasteiger charge is -2.26. The number of nitrogens with zero attached hydrogens (tertiary/aromatic N) is 1. The maximum absolute atomic E-state index is 13.2. The van der Waals surface area contributed by atoms with Crippen LogP contribution in [-0.4, -0.2) is 78.6 Å². The highest BCUT2D eigenvalue weighted by molar-refractivity contribution is 5.94. The van der Waals surface area contributed by atoms with Crippen molar-refractivity contribution >= 4 is 29.7 Å². The van der Waals surface area contributed by atoms with Crippen LogP contribution in [0.3, 0.4) is 0 Å². The maximum Gasteiger partial charge on any atom is 0.326 e. The Morgan fingerprint density at radius 2 is 1.61 bits per heavy atom. The minimum Gasteiger partial charge on any atom is -0.480 e. The molecule has 1 rings (SSSR count). The molecule has 13 nitrogen and oxygen atoms in total. The van der Waals surface area contributed by atoms with Crippen LogP contribution in [0.4, 0.5) is 0 Å². The van der Waals surface area contributed by atoms with Crippen LogP contribution in [0.25, 0.3) is 0 Å². The molecule has 0 unspecified atom stereocenters. The summed E-state index contributed by atoms with van der Waals surface area (Å²) < 4.78 is 0. The van der Waals surface area contributed by atoms with Gasteiger partial charge >= 0.3 is 5.97 Å². The zero-order chi connectivity index (χ0) is 27.1. The highest BCUT2D eigenvalue weighted by atomic mass is 16.4.